The average Bonchev–Trinajstić information content (AvgIpc) is 2.04. The Morgan fingerprint density at radius 3 is 2.69 bits per heavy atom. The van der Waals surface area contributed by atoms with Gasteiger partial charge in [-0.3, -0.25) is 0 Å². The van der Waals surface area contributed by atoms with Crippen molar-refractivity contribution < 1.29 is 14.3 Å². The third-order valence-corrected chi connectivity index (χ3v) is 1.78. The van der Waals surface area contributed by atoms with Crippen molar-refractivity contribution in [2.45, 2.75) is 13.5 Å². The topological polar surface area (TPSA) is 41.5 Å². The number of aryl methyl sites for hydroxylation is 1. The summed E-state index contributed by atoms with van der Waals surface area (Å²) in [5.41, 5.74) is 3.36. The lowest BCUT2D eigenvalue weighted by Crippen LogP contribution is -2.07. The molecule has 3 nitrogen and oxygen atoms in total. The third kappa shape index (κ3) is 2.17. The van der Waals surface area contributed by atoms with Gasteiger partial charge in [-0.15, -0.1) is 0 Å². The second kappa shape index (κ2) is 4.20. The maximum absolute atomic E-state index is 13.2. The zero-order valence-electron chi connectivity index (χ0n) is 7.60. The summed E-state index contributed by atoms with van der Waals surface area (Å²) in [6, 6.07) is 3.08. The maximum atomic E-state index is 13.2. The minimum Gasteiger partial charge on any atom is -0.493 e. The maximum Gasteiger partial charge on any atom is 0.165 e. The highest BCUT2D eigenvalue weighted by atomic mass is 19.1. The summed E-state index contributed by atoms with van der Waals surface area (Å²) >= 11 is 0. The fraction of sp³-hybridized carbons (Fsp3) is 0.333. The van der Waals surface area contributed by atoms with Gasteiger partial charge in [-0.2, -0.15) is 0 Å². The van der Waals surface area contributed by atoms with E-state index in [2.05, 4.69) is 0 Å². The molecular weight excluding hydrogens is 173 g/mol. The number of rotatable bonds is 3. The first-order valence-electron chi connectivity index (χ1n) is 3.89. The van der Waals surface area contributed by atoms with Crippen molar-refractivity contribution >= 4 is 0 Å². The number of benzene rings is 1. The van der Waals surface area contributed by atoms with Crippen LogP contribution in [-0.2, 0) is 6.54 Å². The zero-order chi connectivity index (χ0) is 9.84. The van der Waals surface area contributed by atoms with Crippen LogP contribution < -0.4 is 10.2 Å². The van der Waals surface area contributed by atoms with Gasteiger partial charge in [0, 0.05) is 6.54 Å². The summed E-state index contributed by atoms with van der Waals surface area (Å²) in [6.45, 7) is 1.98. The van der Waals surface area contributed by atoms with Gasteiger partial charge in [0.25, 0.3) is 0 Å². The number of ether oxygens (including phenoxy) is 1. The van der Waals surface area contributed by atoms with Crippen LogP contribution in [0.2, 0.25) is 0 Å². The van der Waals surface area contributed by atoms with E-state index in [1.807, 2.05) is 5.48 Å². The van der Waals surface area contributed by atoms with E-state index in [1.165, 1.54) is 13.2 Å². The number of halogens is 1. The lowest BCUT2D eigenvalue weighted by molar-refractivity contribution is 0.161. The lowest BCUT2D eigenvalue weighted by Gasteiger charge is -2.08. The molecule has 0 atom stereocenters. The van der Waals surface area contributed by atoms with Gasteiger partial charge in [-0.25, -0.2) is 9.87 Å². The highest BCUT2D eigenvalue weighted by Gasteiger charge is 2.07. The first kappa shape index (κ1) is 9.95. The van der Waals surface area contributed by atoms with Crippen LogP contribution in [0.4, 0.5) is 4.39 Å². The monoisotopic (exact) mass is 185 g/mol. The van der Waals surface area contributed by atoms with Crippen LogP contribution in [0.25, 0.3) is 0 Å². The molecule has 0 unspecified atom stereocenters. The lowest BCUT2D eigenvalue weighted by atomic mass is 10.1. The molecule has 72 valence electrons. The largest absolute Gasteiger partial charge is 0.493 e. The van der Waals surface area contributed by atoms with Crippen molar-refractivity contribution in [1.29, 1.82) is 0 Å². The highest BCUT2D eigenvalue weighted by molar-refractivity contribution is 5.37. The minimum absolute atomic E-state index is 0.224. The highest BCUT2D eigenvalue weighted by Crippen LogP contribution is 2.23. The van der Waals surface area contributed by atoms with Crippen molar-refractivity contribution in [3.63, 3.8) is 0 Å². The van der Waals surface area contributed by atoms with E-state index in [4.69, 9.17) is 9.94 Å². The minimum atomic E-state index is -0.409. The molecule has 2 N–H and O–H groups in total. The van der Waals surface area contributed by atoms with Crippen LogP contribution in [0.15, 0.2) is 12.1 Å². The second-order valence-electron chi connectivity index (χ2n) is 2.76. The molecule has 0 saturated heterocycles. The van der Waals surface area contributed by atoms with Gasteiger partial charge in [0.2, 0.25) is 0 Å². The van der Waals surface area contributed by atoms with Crippen molar-refractivity contribution in [2.75, 3.05) is 7.11 Å². The number of nitrogens with one attached hydrogen (secondary N) is 1. The van der Waals surface area contributed by atoms with Crippen LogP contribution in [0.5, 0.6) is 5.75 Å². The summed E-state index contributed by atoms with van der Waals surface area (Å²) in [5, 5.41) is 8.42. The molecule has 0 heterocycles. The Hall–Kier alpha value is -1.13. The number of hydrogen-bond donors (Lipinski definition) is 2. The first-order chi connectivity index (χ1) is 6.19. The van der Waals surface area contributed by atoms with Gasteiger partial charge in [0.05, 0.1) is 7.11 Å². The molecule has 0 aliphatic carbocycles. The van der Waals surface area contributed by atoms with E-state index in [0.29, 0.717) is 11.1 Å². The molecule has 0 aliphatic rings. The molecule has 13 heavy (non-hydrogen) atoms. The van der Waals surface area contributed by atoms with Crippen LogP contribution in [0.3, 0.4) is 0 Å². The Morgan fingerprint density at radius 2 is 2.23 bits per heavy atom. The van der Waals surface area contributed by atoms with Crippen LogP contribution in [-0.4, -0.2) is 12.3 Å². The molecule has 0 fully saturated rings. The molecule has 0 bridgehead atoms. The Labute approximate surface area is 76.1 Å². The molecule has 0 saturated carbocycles. The summed E-state index contributed by atoms with van der Waals surface area (Å²) in [5.74, 6) is -0.158. The van der Waals surface area contributed by atoms with E-state index in [9.17, 15) is 4.39 Å². The van der Waals surface area contributed by atoms with Gasteiger partial charge in [-0.1, -0.05) is 6.07 Å². The van der Waals surface area contributed by atoms with Crippen molar-refractivity contribution in [3.8, 4) is 5.75 Å². The van der Waals surface area contributed by atoms with E-state index in [0.717, 1.165) is 0 Å². The standard InChI is InChI=1S/C9H12FNO2/c1-6-3-7(5-11-12)4-8(10)9(6)13-2/h3-4,11-12H,5H2,1-2H3. The average molecular weight is 185 g/mol. The predicted octanol–water partition coefficient (Wildman–Crippen LogP) is 1.62. The molecule has 1 rings (SSSR count). The smallest absolute Gasteiger partial charge is 0.165 e. The van der Waals surface area contributed by atoms with E-state index in [1.54, 1.807) is 13.0 Å². The summed E-state index contributed by atoms with van der Waals surface area (Å²) in [4.78, 5) is 0. The molecule has 1 aromatic rings. The molecule has 4 heteroatoms. The van der Waals surface area contributed by atoms with E-state index in [-0.39, 0.29) is 12.3 Å². The van der Waals surface area contributed by atoms with Crippen molar-refractivity contribution in [1.82, 2.24) is 5.48 Å². The van der Waals surface area contributed by atoms with E-state index < -0.39 is 5.82 Å². The molecule has 0 aromatic heterocycles. The Kier molecular flexibility index (Phi) is 3.22. The summed E-state index contributed by atoms with van der Waals surface area (Å²) < 4.78 is 18.1. The number of hydrogen-bond acceptors (Lipinski definition) is 3. The normalized spacial score (nSPS) is 10.2. The molecule has 1 aromatic carbocycles. The van der Waals surface area contributed by atoms with Crippen LogP contribution >= 0.6 is 0 Å². The summed E-state index contributed by atoms with van der Waals surface area (Å²) in [7, 11) is 1.43. The molecule has 0 amide bonds. The molecular formula is C9H12FNO2. The summed E-state index contributed by atoms with van der Waals surface area (Å²) in [6.07, 6.45) is 0. The quantitative estimate of drug-likeness (QED) is 0.703. The SMILES string of the molecule is COc1c(C)cc(CNO)cc1F. The molecule has 0 radical (unpaired) electrons. The molecule has 0 aliphatic heterocycles. The Balaban J connectivity index is 3.05. The molecule has 0 spiro atoms. The third-order valence-electron chi connectivity index (χ3n) is 1.78. The van der Waals surface area contributed by atoms with Crippen molar-refractivity contribution in [3.05, 3.63) is 29.1 Å². The van der Waals surface area contributed by atoms with Crippen molar-refractivity contribution in [2.24, 2.45) is 0 Å². The van der Waals surface area contributed by atoms with Crippen LogP contribution in [0.1, 0.15) is 11.1 Å². The van der Waals surface area contributed by atoms with E-state index >= 15 is 0 Å². The van der Waals surface area contributed by atoms with Crippen LogP contribution in [0, 0.1) is 12.7 Å². The van der Waals surface area contributed by atoms with Gasteiger partial charge in [0.1, 0.15) is 0 Å². The van der Waals surface area contributed by atoms with Gasteiger partial charge >= 0.3 is 0 Å². The second-order valence-corrected chi connectivity index (χ2v) is 2.76. The fourth-order valence-electron chi connectivity index (χ4n) is 1.25. The van der Waals surface area contributed by atoms with Gasteiger partial charge < -0.3 is 9.94 Å². The predicted molar refractivity (Wildman–Crippen MR) is 46.3 cm³/mol. The zero-order valence-corrected chi connectivity index (χ0v) is 7.60. The van der Waals surface area contributed by atoms with Gasteiger partial charge in [-0.05, 0) is 24.1 Å². The number of methoxy groups -OCH3 is 1. The number of hydroxylamine groups is 1. The first-order valence-corrected chi connectivity index (χ1v) is 3.89. The fourth-order valence-corrected chi connectivity index (χ4v) is 1.25. The Bertz CT molecular complexity index is 279. The van der Waals surface area contributed by atoms with Gasteiger partial charge in [0.15, 0.2) is 11.6 Å². The Morgan fingerprint density at radius 1 is 1.54 bits per heavy atom.